The Hall–Kier alpha value is -1.39. The molecule has 4 heteroatoms. The zero-order chi connectivity index (χ0) is 16.2. The van der Waals surface area contributed by atoms with Gasteiger partial charge in [-0.2, -0.15) is 0 Å². The summed E-state index contributed by atoms with van der Waals surface area (Å²) in [6, 6.07) is 12.1. The van der Waals surface area contributed by atoms with E-state index in [1.54, 1.807) is 0 Å². The molecule has 23 heavy (non-hydrogen) atoms. The van der Waals surface area contributed by atoms with Crippen LogP contribution < -0.4 is 0 Å². The third-order valence-electron chi connectivity index (χ3n) is 5.76. The predicted molar refractivity (Wildman–Crippen MR) is 92.2 cm³/mol. The highest BCUT2D eigenvalue weighted by Crippen LogP contribution is 2.47. The highest BCUT2D eigenvalue weighted by atomic mass is 32.2. The van der Waals surface area contributed by atoms with Crippen molar-refractivity contribution in [3.05, 3.63) is 47.5 Å². The van der Waals surface area contributed by atoms with E-state index < -0.39 is 15.4 Å². The lowest BCUT2D eigenvalue weighted by molar-refractivity contribution is 0.00639. The van der Waals surface area contributed by atoms with Crippen molar-refractivity contribution in [2.45, 2.75) is 55.1 Å². The average Bonchev–Trinajstić information content (AvgIpc) is 2.50. The van der Waals surface area contributed by atoms with Crippen molar-refractivity contribution < 1.29 is 13.5 Å². The summed E-state index contributed by atoms with van der Waals surface area (Å²) in [6.07, 6.45) is 2.99. The van der Waals surface area contributed by atoms with Gasteiger partial charge in [0.05, 0.1) is 16.1 Å². The molecule has 1 N–H and O–H groups in total. The SMILES string of the molecule is Cc1ccc(C2(O)CC3CCCC(C2)S3(=O)=O)c2ccccc12. The smallest absolute Gasteiger partial charge is 0.156 e. The summed E-state index contributed by atoms with van der Waals surface area (Å²) >= 11 is 0. The molecule has 2 unspecified atom stereocenters. The molecule has 0 spiro atoms. The lowest BCUT2D eigenvalue weighted by Gasteiger charge is -2.44. The molecule has 3 nitrogen and oxygen atoms in total. The second-order valence-corrected chi connectivity index (χ2v) is 9.69. The Morgan fingerprint density at radius 3 is 2.26 bits per heavy atom. The third kappa shape index (κ3) is 2.23. The summed E-state index contributed by atoms with van der Waals surface area (Å²) < 4.78 is 25.0. The van der Waals surface area contributed by atoms with Crippen molar-refractivity contribution in [2.24, 2.45) is 0 Å². The summed E-state index contributed by atoms with van der Waals surface area (Å²) in [4.78, 5) is 0. The van der Waals surface area contributed by atoms with Gasteiger partial charge >= 0.3 is 0 Å². The van der Waals surface area contributed by atoms with Crippen LogP contribution in [0.25, 0.3) is 10.8 Å². The standard InChI is InChI=1S/C19H22O3S/c1-13-9-10-18(17-8-3-2-7-16(13)17)19(20)11-14-5-4-6-15(12-19)23(14,21)22/h2-3,7-10,14-15,20H,4-6,11-12H2,1H3. The van der Waals surface area contributed by atoms with E-state index in [0.717, 1.165) is 22.8 Å². The Bertz CT molecular complexity index is 849. The second kappa shape index (κ2) is 5.05. The fraction of sp³-hybridized carbons (Fsp3) is 0.474. The van der Waals surface area contributed by atoms with Crippen molar-refractivity contribution in [3.8, 4) is 0 Å². The van der Waals surface area contributed by atoms with E-state index in [-0.39, 0.29) is 10.5 Å². The minimum atomic E-state index is -3.07. The van der Waals surface area contributed by atoms with Crippen LogP contribution in [0.15, 0.2) is 36.4 Å². The zero-order valence-electron chi connectivity index (χ0n) is 13.3. The Balaban J connectivity index is 1.87. The lowest BCUT2D eigenvalue weighted by atomic mass is 9.78. The molecule has 2 saturated heterocycles. The summed E-state index contributed by atoms with van der Waals surface area (Å²) in [5.41, 5.74) is 1.04. The normalized spacial score (nSPS) is 32.8. The van der Waals surface area contributed by atoms with Crippen LogP contribution in [0.3, 0.4) is 0 Å². The fourth-order valence-corrected chi connectivity index (χ4v) is 7.07. The average molecular weight is 330 g/mol. The molecule has 4 rings (SSSR count). The van der Waals surface area contributed by atoms with Crippen LogP contribution in [0, 0.1) is 6.92 Å². The van der Waals surface area contributed by atoms with Gasteiger partial charge in [-0.05, 0) is 54.5 Å². The molecular weight excluding hydrogens is 308 g/mol. The van der Waals surface area contributed by atoms with Gasteiger partial charge in [0.1, 0.15) is 0 Å². The van der Waals surface area contributed by atoms with Gasteiger partial charge in [0.15, 0.2) is 9.84 Å². The van der Waals surface area contributed by atoms with Gasteiger partial charge in [-0.3, -0.25) is 0 Å². The van der Waals surface area contributed by atoms with E-state index in [0.29, 0.717) is 25.7 Å². The maximum absolute atomic E-state index is 12.5. The number of aryl methyl sites for hydroxylation is 1. The maximum Gasteiger partial charge on any atom is 0.156 e. The summed E-state index contributed by atoms with van der Waals surface area (Å²) in [5.74, 6) is 0. The first-order valence-electron chi connectivity index (χ1n) is 8.36. The van der Waals surface area contributed by atoms with Crippen molar-refractivity contribution in [3.63, 3.8) is 0 Å². The zero-order valence-corrected chi connectivity index (χ0v) is 14.1. The molecule has 0 aromatic heterocycles. The highest BCUT2D eigenvalue weighted by Gasteiger charge is 2.51. The molecule has 2 heterocycles. The van der Waals surface area contributed by atoms with E-state index in [9.17, 15) is 13.5 Å². The minimum Gasteiger partial charge on any atom is -0.385 e. The van der Waals surface area contributed by atoms with Crippen LogP contribution in [-0.4, -0.2) is 24.0 Å². The molecule has 122 valence electrons. The lowest BCUT2D eigenvalue weighted by Crippen LogP contribution is -2.50. The molecule has 0 radical (unpaired) electrons. The molecule has 2 fully saturated rings. The monoisotopic (exact) mass is 330 g/mol. The molecular formula is C19H22O3S. The molecule has 2 atom stereocenters. The van der Waals surface area contributed by atoms with Crippen molar-refractivity contribution in [1.82, 2.24) is 0 Å². The molecule has 2 aromatic rings. The molecule has 2 aliphatic heterocycles. The van der Waals surface area contributed by atoms with Crippen LogP contribution in [0.5, 0.6) is 0 Å². The molecule has 2 aromatic carbocycles. The predicted octanol–water partition coefficient (Wildman–Crippen LogP) is 3.47. The van der Waals surface area contributed by atoms with E-state index in [1.807, 2.05) is 30.3 Å². The highest BCUT2D eigenvalue weighted by molar-refractivity contribution is 7.92. The number of benzene rings is 2. The summed E-state index contributed by atoms with van der Waals surface area (Å²) in [5, 5.41) is 12.8. The van der Waals surface area contributed by atoms with Gasteiger partial charge < -0.3 is 5.11 Å². The fourth-order valence-electron chi connectivity index (χ4n) is 4.52. The molecule has 0 saturated carbocycles. The molecule has 2 aliphatic rings. The van der Waals surface area contributed by atoms with Crippen LogP contribution in [-0.2, 0) is 15.4 Å². The van der Waals surface area contributed by atoms with Crippen LogP contribution in [0.1, 0.15) is 43.2 Å². The Kier molecular flexibility index (Phi) is 3.33. The van der Waals surface area contributed by atoms with Crippen LogP contribution >= 0.6 is 0 Å². The first kappa shape index (κ1) is 15.2. The Morgan fingerprint density at radius 2 is 1.61 bits per heavy atom. The second-order valence-electron chi connectivity index (χ2n) is 7.18. The maximum atomic E-state index is 12.5. The van der Waals surface area contributed by atoms with Crippen LogP contribution in [0.4, 0.5) is 0 Å². The van der Waals surface area contributed by atoms with Crippen LogP contribution in [0.2, 0.25) is 0 Å². The Morgan fingerprint density at radius 1 is 1.00 bits per heavy atom. The van der Waals surface area contributed by atoms with E-state index in [1.165, 1.54) is 5.56 Å². The van der Waals surface area contributed by atoms with Crippen molar-refractivity contribution in [1.29, 1.82) is 0 Å². The van der Waals surface area contributed by atoms with E-state index in [2.05, 4.69) is 13.0 Å². The van der Waals surface area contributed by atoms with E-state index >= 15 is 0 Å². The van der Waals surface area contributed by atoms with Gasteiger partial charge in [0.2, 0.25) is 0 Å². The third-order valence-corrected chi connectivity index (χ3v) is 8.42. The molecule has 2 bridgehead atoms. The molecule has 0 aliphatic carbocycles. The topological polar surface area (TPSA) is 54.4 Å². The first-order valence-corrected chi connectivity index (χ1v) is 9.97. The number of aliphatic hydroxyl groups is 1. The number of hydrogen-bond donors (Lipinski definition) is 1. The Labute approximate surface area is 137 Å². The van der Waals surface area contributed by atoms with Crippen molar-refractivity contribution in [2.75, 3.05) is 0 Å². The van der Waals surface area contributed by atoms with Gasteiger partial charge in [-0.15, -0.1) is 0 Å². The van der Waals surface area contributed by atoms with Gasteiger partial charge in [0.25, 0.3) is 0 Å². The summed E-state index contributed by atoms with van der Waals surface area (Å²) in [7, 11) is -3.07. The van der Waals surface area contributed by atoms with Gasteiger partial charge in [-0.1, -0.05) is 42.8 Å². The van der Waals surface area contributed by atoms with E-state index in [4.69, 9.17) is 0 Å². The summed E-state index contributed by atoms with van der Waals surface area (Å²) in [6.45, 7) is 2.07. The number of sulfone groups is 1. The van der Waals surface area contributed by atoms with Crippen molar-refractivity contribution >= 4 is 20.6 Å². The largest absolute Gasteiger partial charge is 0.385 e. The number of hydrogen-bond acceptors (Lipinski definition) is 3. The molecule has 0 amide bonds. The van der Waals surface area contributed by atoms with Gasteiger partial charge in [0, 0.05) is 0 Å². The number of fused-ring (bicyclic) bond motifs is 3. The van der Waals surface area contributed by atoms with Gasteiger partial charge in [-0.25, -0.2) is 8.42 Å². The quantitative estimate of drug-likeness (QED) is 0.871. The number of rotatable bonds is 1. The minimum absolute atomic E-state index is 0.332. The first-order chi connectivity index (χ1) is 10.9.